The van der Waals surface area contributed by atoms with E-state index in [2.05, 4.69) is 15.2 Å². The zero-order valence-electron chi connectivity index (χ0n) is 17.8. The highest BCUT2D eigenvalue weighted by Crippen LogP contribution is 2.35. The molecule has 1 saturated heterocycles. The first-order valence-corrected chi connectivity index (χ1v) is 10.9. The van der Waals surface area contributed by atoms with Crippen LogP contribution in [0, 0.1) is 13.8 Å². The van der Waals surface area contributed by atoms with E-state index in [9.17, 15) is 4.79 Å². The third kappa shape index (κ3) is 3.58. The minimum absolute atomic E-state index is 0.0691. The Morgan fingerprint density at radius 3 is 2.88 bits per heavy atom. The summed E-state index contributed by atoms with van der Waals surface area (Å²) in [6, 6.07) is 13.0. The molecular weight excluding hydrogens is 426 g/mol. The highest BCUT2D eigenvalue weighted by molar-refractivity contribution is 6.31. The van der Waals surface area contributed by atoms with Crippen molar-refractivity contribution in [2.24, 2.45) is 0 Å². The predicted molar refractivity (Wildman–Crippen MR) is 121 cm³/mol. The standard InChI is InChI=1S/C24H22ClN5O2/c1-15-9-10-20(30-13-5-11-26-30)18(14-15)24(31)29-12-4-8-21(29)23-27-22(28-32-23)17-6-3-7-19(25)16(17)2/h3,5-7,9-11,13-14,21H,4,8,12H2,1-2H3. The smallest absolute Gasteiger partial charge is 0.256 e. The van der Waals surface area contributed by atoms with E-state index < -0.39 is 0 Å². The van der Waals surface area contributed by atoms with E-state index in [-0.39, 0.29) is 11.9 Å². The second-order valence-electron chi connectivity index (χ2n) is 8.00. The maximum Gasteiger partial charge on any atom is 0.256 e. The number of aryl methyl sites for hydroxylation is 1. The lowest BCUT2D eigenvalue weighted by Gasteiger charge is -2.23. The number of likely N-dealkylation sites (tertiary alicyclic amines) is 1. The van der Waals surface area contributed by atoms with Gasteiger partial charge in [0.2, 0.25) is 11.7 Å². The number of carbonyl (C=O) groups is 1. The number of aromatic nitrogens is 4. The number of halogens is 1. The van der Waals surface area contributed by atoms with Crippen LogP contribution in [0.3, 0.4) is 0 Å². The fourth-order valence-electron chi connectivity index (χ4n) is 4.18. The van der Waals surface area contributed by atoms with E-state index in [1.54, 1.807) is 10.9 Å². The summed E-state index contributed by atoms with van der Waals surface area (Å²) in [5.74, 6) is 0.853. The van der Waals surface area contributed by atoms with E-state index in [0.717, 1.165) is 35.2 Å². The van der Waals surface area contributed by atoms with Crippen molar-refractivity contribution in [2.75, 3.05) is 6.54 Å². The number of carbonyl (C=O) groups excluding carboxylic acids is 1. The highest BCUT2D eigenvalue weighted by atomic mass is 35.5. The molecule has 1 amide bonds. The Hall–Kier alpha value is -3.45. The Labute approximate surface area is 190 Å². The molecule has 1 aliphatic rings. The molecule has 0 bridgehead atoms. The minimum atomic E-state index is -0.269. The Morgan fingerprint density at radius 1 is 1.19 bits per heavy atom. The van der Waals surface area contributed by atoms with Gasteiger partial charge in [0.1, 0.15) is 6.04 Å². The van der Waals surface area contributed by atoms with E-state index >= 15 is 0 Å². The second kappa shape index (κ2) is 8.24. The average Bonchev–Trinajstić information content (AvgIpc) is 3.56. The normalized spacial score (nSPS) is 16.0. The van der Waals surface area contributed by atoms with E-state index in [1.165, 1.54) is 0 Å². The highest BCUT2D eigenvalue weighted by Gasteiger charge is 2.35. The zero-order valence-corrected chi connectivity index (χ0v) is 18.6. The largest absolute Gasteiger partial charge is 0.337 e. The maximum absolute atomic E-state index is 13.7. The first-order valence-electron chi connectivity index (χ1n) is 10.5. The number of hydrogen-bond acceptors (Lipinski definition) is 5. The monoisotopic (exact) mass is 447 g/mol. The summed E-state index contributed by atoms with van der Waals surface area (Å²) in [5, 5.41) is 9.13. The molecule has 8 heteroatoms. The molecule has 0 spiro atoms. The fourth-order valence-corrected chi connectivity index (χ4v) is 4.36. The van der Waals surface area contributed by atoms with Crippen molar-refractivity contribution >= 4 is 17.5 Å². The topological polar surface area (TPSA) is 77.1 Å². The summed E-state index contributed by atoms with van der Waals surface area (Å²) < 4.78 is 7.34. The lowest BCUT2D eigenvalue weighted by molar-refractivity contribution is 0.0710. The molecule has 0 aliphatic carbocycles. The van der Waals surface area contributed by atoms with Gasteiger partial charge in [-0.3, -0.25) is 4.79 Å². The van der Waals surface area contributed by atoms with Gasteiger partial charge in [-0.05, 0) is 56.5 Å². The van der Waals surface area contributed by atoms with Gasteiger partial charge in [-0.25, -0.2) is 4.68 Å². The van der Waals surface area contributed by atoms with Crippen LogP contribution in [0.1, 0.15) is 46.3 Å². The quantitative estimate of drug-likeness (QED) is 0.431. The molecule has 1 aliphatic heterocycles. The average molecular weight is 448 g/mol. The lowest BCUT2D eigenvalue weighted by Crippen LogP contribution is -2.31. The number of amides is 1. The van der Waals surface area contributed by atoms with Crippen molar-refractivity contribution in [3.8, 4) is 17.1 Å². The third-order valence-corrected chi connectivity index (χ3v) is 6.29. The van der Waals surface area contributed by atoms with Gasteiger partial charge in [-0.2, -0.15) is 10.1 Å². The van der Waals surface area contributed by atoms with Crippen LogP contribution < -0.4 is 0 Å². The number of rotatable bonds is 4. The summed E-state index contributed by atoms with van der Waals surface area (Å²) >= 11 is 6.25. The van der Waals surface area contributed by atoms with Gasteiger partial charge in [0.25, 0.3) is 5.91 Å². The summed E-state index contributed by atoms with van der Waals surface area (Å²) in [6.07, 6.45) is 5.17. The van der Waals surface area contributed by atoms with Crippen LogP contribution in [0.25, 0.3) is 17.1 Å². The van der Waals surface area contributed by atoms with Gasteiger partial charge >= 0.3 is 0 Å². The maximum atomic E-state index is 13.7. The van der Waals surface area contributed by atoms with Gasteiger partial charge in [-0.15, -0.1) is 0 Å². The number of benzene rings is 2. The molecule has 2 aromatic heterocycles. The summed E-state index contributed by atoms with van der Waals surface area (Å²) in [5.41, 5.74) is 4.08. The second-order valence-corrected chi connectivity index (χ2v) is 8.40. The molecule has 0 radical (unpaired) electrons. The molecule has 0 saturated carbocycles. The van der Waals surface area contributed by atoms with Crippen molar-refractivity contribution in [1.82, 2.24) is 24.8 Å². The Bertz CT molecular complexity index is 1280. The Kier molecular flexibility index (Phi) is 5.27. The molecule has 0 N–H and O–H groups in total. The molecule has 2 aromatic carbocycles. The van der Waals surface area contributed by atoms with Crippen LogP contribution in [0.5, 0.6) is 0 Å². The van der Waals surface area contributed by atoms with Gasteiger partial charge in [0.15, 0.2) is 0 Å². The molecule has 5 rings (SSSR count). The molecule has 1 unspecified atom stereocenters. The van der Waals surface area contributed by atoms with Crippen LogP contribution in [0.15, 0.2) is 59.4 Å². The Balaban J connectivity index is 1.48. The van der Waals surface area contributed by atoms with Crippen molar-refractivity contribution in [2.45, 2.75) is 32.7 Å². The molecule has 32 heavy (non-hydrogen) atoms. The molecule has 1 atom stereocenters. The first-order chi connectivity index (χ1) is 15.5. The summed E-state index contributed by atoms with van der Waals surface area (Å²) in [7, 11) is 0. The van der Waals surface area contributed by atoms with E-state index in [1.807, 2.05) is 67.4 Å². The number of hydrogen-bond donors (Lipinski definition) is 0. The number of nitrogens with zero attached hydrogens (tertiary/aromatic N) is 5. The van der Waals surface area contributed by atoms with Crippen molar-refractivity contribution < 1.29 is 9.32 Å². The first kappa shape index (κ1) is 20.5. The van der Waals surface area contributed by atoms with Crippen molar-refractivity contribution in [3.63, 3.8) is 0 Å². The van der Waals surface area contributed by atoms with Crippen molar-refractivity contribution in [1.29, 1.82) is 0 Å². The molecular formula is C24H22ClN5O2. The van der Waals surface area contributed by atoms with Gasteiger partial charge in [0, 0.05) is 29.5 Å². The van der Waals surface area contributed by atoms with Crippen LogP contribution in [-0.2, 0) is 0 Å². The molecule has 7 nitrogen and oxygen atoms in total. The van der Waals surface area contributed by atoms with E-state index in [4.69, 9.17) is 16.1 Å². The predicted octanol–water partition coefficient (Wildman–Crippen LogP) is 5.17. The molecule has 162 valence electrons. The van der Waals surface area contributed by atoms with Gasteiger partial charge < -0.3 is 9.42 Å². The van der Waals surface area contributed by atoms with Crippen molar-refractivity contribution in [3.05, 3.63) is 82.5 Å². The Morgan fingerprint density at radius 2 is 2.06 bits per heavy atom. The minimum Gasteiger partial charge on any atom is -0.337 e. The van der Waals surface area contributed by atoms with E-state index in [0.29, 0.717) is 28.8 Å². The SMILES string of the molecule is Cc1ccc(-n2cccn2)c(C(=O)N2CCCC2c2nc(-c3cccc(Cl)c3C)no2)c1. The van der Waals surface area contributed by atoms with Crippen LogP contribution in [0.2, 0.25) is 5.02 Å². The van der Waals surface area contributed by atoms with Crippen LogP contribution >= 0.6 is 11.6 Å². The van der Waals surface area contributed by atoms with Gasteiger partial charge in [0.05, 0.1) is 11.3 Å². The summed E-state index contributed by atoms with van der Waals surface area (Å²) in [6.45, 7) is 4.53. The zero-order chi connectivity index (χ0) is 22.2. The van der Waals surface area contributed by atoms with Gasteiger partial charge in [-0.1, -0.05) is 40.5 Å². The third-order valence-electron chi connectivity index (χ3n) is 5.88. The fraction of sp³-hybridized carbons (Fsp3) is 0.250. The van der Waals surface area contributed by atoms with Crippen LogP contribution in [-0.4, -0.2) is 37.3 Å². The molecule has 4 aromatic rings. The van der Waals surface area contributed by atoms with Crippen LogP contribution in [0.4, 0.5) is 0 Å². The molecule has 1 fully saturated rings. The summed E-state index contributed by atoms with van der Waals surface area (Å²) in [4.78, 5) is 20.1. The molecule has 3 heterocycles. The lowest BCUT2D eigenvalue weighted by atomic mass is 10.1.